The summed E-state index contributed by atoms with van der Waals surface area (Å²) in [5, 5.41) is 3.52. The summed E-state index contributed by atoms with van der Waals surface area (Å²) in [6, 6.07) is 7.61. The number of carbonyl (C=O) groups excluding carboxylic acids is 1. The van der Waals surface area contributed by atoms with Gasteiger partial charge in [-0.15, -0.1) is 0 Å². The van der Waals surface area contributed by atoms with Crippen LogP contribution in [-0.2, 0) is 4.79 Å². The Morgan fingerprint density at radius 2 is 1.94 bits per heavy atom. The zero-order chi connectivity index (χ0) is 12.8. The number of amides is 1. The SMILES string of the molecule is O=C(CCBr)Nc1ccc(OC2CCCC2)cc1. The van der Waals surface area contributed by atoms with Crippen LogP contribution in [0.25, 0.3) is 0 Å². The summed E-state index contributed by atoms with van der Waals surface area (Å²) < 4.78 is 5.86. The van der Waals surface area contributed by atoms with Gasteiger partial charge in [-0.3, -0.25) is 4.79 Å². The summed E-state index contributed by atoms with van der Waals surface area (Å²) in [6.45, 7) is 0. The average molecular weight is 312 g/mol. The third kappa shape index (κ3) is 4.02. The largest absolute Gasteiger partial charge is 0.490 e. The first-order valence-corrected chi connectivity index (χ1v) is 7.52. The molecule has 1 aliphatic rings. The van der Waals surface area contributed by atoms with Crippen molar-refractivity contribution in [1.82, 2.24) is 0 Å². The zero-order valence-corrected chi connectivity index (χ0v) is 11.9. The highest BCUT2D eigenvalue weighted by atomic mass is 79.9. The summed E-state index contributed by atoms with van der Waals surface area (Å²) in [7, 11) is 0. The number of anilines is 1. The molecule has 0 heterocycles. The lowest BCUT2D eigenvalue weighted by atomic mass is 10.2. The number of rotatable bonds is 5. The molecular formula is C14H18BrNO2. The molecule has 0 atom stereocenters. The Labute approximate surface area is 116 Å². The fourth-order valence-corrected chi connectivity index (χ4v) is 2.48. The molecule has 0 radical (unpaired) electrons. The van der Waals surface area contributed by atoms with Crippen LogP contribution in [0, 0.1) is 0 Å². The number of hydrogen-bond acceptors (Lipinski definition) is 2. The molecule has 1 saturated carbocycles. The molecule has 98 valence electrons. The average Bonchev–Trinajstić information content (AvgIpc) is 2.85. The highest BCUT2D eigenvalue weighted by molar-refractivity contribution is 9.09. The van der Waals surface area contributed by atoms with E-state index < -0.39 is 0 Å². The minimum Gasteiger partial charge on any atom is -0.490 e. The maximum Gasteiger partial charge on any atom is 0.225 e. The fourth-order valence-electron chi connectivity index (χ4n) is 2.12. The Balaban J connectivity index is 1.86. The summed E-state index contributed by atoms with van der Waals surface area (Å²) in [6.07, 6.45) is 5.71. The zero-order valence-electron chi connectivity index (χ0n) is 10.3. The maximum atomic E-state index is 11.4. The van der Waals surface area contributed by atoms with Crippen molar-refractivity contribution in [2.45, 2.75) is 38.2 Å². The Hall–Kier alpha value is -1.03. The van der Waals surface area contributed by atoms with Crippen LogP contribution in [0.15, 0.2) is 24.3 Å². The van der Waals surface area contributed by atoms with Crippen LogP contribution in [-0.4, -0.2) is 17.3 Å². The minimum absolute atomic E-state index is 0.0244. The van der Waals surface area contributed by atoms with Crippen molar-refractivity contribution in [2.24, 2.45) is 0 Å². The molecule has 0 spiro atoms. The Morgan fingerprint density at radius 1 is 1.28 bits per heavy atom. The quantitative estimate of drug-likeness (QED) is 0.841. The predicted molar refractivity (Wildman–Crippen MR) is 76.4 cm³/mol. The van der Waals surface area contributed by atoms with Gasteiger partial charge in [0.25, 0.3) is 0 Å². The number of alkyl halides is 1. The van der Waals surface area contributed by atoms with Gasteiger partial charge in [-0.05, 0) is 49.9 Å². The van der Waals surface area contributed by atoms with Crippen LogP contribution in [0.3, 0.4) is 0 Å². The highest BCUT2D eigenvalue weighted by Crippen LogP contribution is 2.24. The third-order valence-electron chi connectivity index (χ3n) is 3.06. The molecule has 2 rings (SSSR count). The van der Waals surface area contributed by atoms with Crippen LogP contribution in [0.1, 0.15) is 32.1 Å². The first-order valence-electron chi connectivity index (χ1n) is 6.40. The molecule has 0 aromatic heterocycles. The normalized spacial score (nSPS) is 15.6. The van der Waals surface area contributed by atoms with Gasteiger partial charge < -0.3 is 10.1 Å². The monoisotopic (exact) mass is 311 g/mol. The molecule has 1 aromatic carbocycles. The number of nitrogens with one attached hydrogen (secondary N) is 1. The molecule has 1 fully saturated rings. The number of halogens is 1. The van der Waals surface area contributed by atoms with E-state index in [0.29, 0.717) is 17.9 Å². The van der Waals surface area contributed by atoms with Crippen molar-refractivity contribution in [3.05, 3.63) is 24.3 Å². The van der Waals surface area contributed by atoms with Gasteiger partial charge in [0.1, 0.15) is 5.75 Å². The second-order valence-corrected chi connectivity index (χ2v) is 5.33. The molecule has 1 N–H and O–H groups in total. The standard InChI is InChI=1S/C14H18BrNO2/c15-10-9-14(17)16-11-5-7-13(8-6-11)18-12-3-1-2-4-12/h5-8,12H,1-4,9-10H2,(H,16,17). The summed E-state index contributed by atoms with van der Waals surface area (Å²) >= 11 is 3.24. The van der Waals surface area contributed by atoms with E-state index in [1.807, 2.05) is 24.3 Å². The van der Waals surface area contributed by atoms with Crippen LogP contribution >= 0.6 is 15.9 Å². The van der Waals surface area contributed by atoms with Gasteiger partial charge >= 0.3 is 0 Å². The molecular weight excluding hydrogens is 294 g/mol. The van der Waals surface area contributed by atoms with Crippen molar-refractivity contribution in [3.63, 3.8) is 0 Å². The molecule has 0 aliphatic heterocycles. The van der Waals surface area contributed by atoms with Gasteiger partial charge in [-0.2, -0.15) is 0 Å². The van der Waals surface area contributed by atoms with E-state index in [4.69, 9.17) is 4.74 Å². The van der Waals surface area contributed by atoms with Gasteiger partial charge in [0.15, 0.2) is 0 Å². The van der Waals surface area contributed by atoms with Crippen molar-refractivity contribution >= 4 is 27.5 Å². The molecule has 3 nitrogen and oxygen atoms in total. The second-order valence-electron chi connectivity index (χ2n) is 4.54. The van der Waals surface area contributed by atoms with E-state index >= 15 is 0 Å². The summed E-state index contributed by atoms with van der Waals surface area (Å²) in [5.41, 5.74) is 0.819. The summed E-state index contributed by atoms with van der Waals surface area (Å²) in [5.74, 6) is 0.914. The topological polar surface area (TPSA) is 38.3 Å². The van der Waals surface area contributed by atoms with Gasteiger partial charge in [0, 0.05) is 17.4 Å². The van der Waals surface area contributed by atoms with Gasteiger partial charge in [-0.1, -0.05) is 15.9 Å². The van der Waals surface area contributed by atoms with Crippen molar-refractivity contribution in [1.29, 1.82) is 0 Å². The highest BCUT2D eigenvalue weighted by Gasteiger charge is 2.16. The molecule has 1 amide bonds. The first kappa shape index (κ1) is 13.4. The molecule has 1 aromatic rings. The van der Waals surface area contributed by atoms with Crippen molar-refractivity contribution < 1.29 is 9.53 Å². The van der Waals surface area contributed by atoms with E-state index in [1.54, 1.807) is 0 Å². The van der Waals surface area contributed by atoms with Gasteiger partial charge in [0.05, 0.1) is 6.10 Å². The minimum atomic E-state index is 0.0244. The molecule has 18 heavy (non-hydrogen) atoms. The van der Waals surface area contributed by atoms with Crippen LogP contribution in [0.2, 0.25) is 0 Å². The lowest BCUT2D eigenvalue weighted by Gasteiger charge is -2.13. The number of carbonyl (C=O) groups is 1. The van der Waals surface area contributed by atoms with Crippen LogP contribution in [0.4, 0.5) is 5.69 Å². The molecule has 0 bridgehead atoms. The van der Waals surface area contributed by atoms with Gasteiger partial charge in [-0.25, -0.2) is 0 Å². The number of hydrogen-bond donors (Lipinski definition) is 1. The van der Waals surface area contributed by atoms with Crippen molar-refractivity contribution in [3.8, 4) is 5.75 Å². The molecule has 0 saturated heterocycles. The molecule has 1 aliphatic carbocycles. The van der Waals surface area contributed by atoms with E-state index in [9.17, 15) is 4.79 Å². The number of ether oxygens (including phenoxy) is 1. The fraction of sp³-hybridized carbons (Fsp3) is 0.500. The van der Waals surface area contributed by atoms with E-state index in [1.165, 1.54) is 12.8 Å². The Bertz CT molecular complexity index is 385. The van der Waals surface area contributed by atoms with E-state index in [-0.39, 0.29) is 5.91 Å². The van der Waals surface area contributed by atoms with E-state index in [2.05, 4.69) is 21.2 Å². The lowest BCUT2D eigenvalue weighted by Crippen LogP contribution is -2.12. The van der Waals surface area contributed by atoms with Crippen LogP contribution in [0.5, 0.6) is 5.75 Å². The second kappa shape index (κ2) is 6.78. The molecule has 0 unspecified atom stereocenters. The first-order chi connectivity index (χ1) is 8.78. The molecule has 4 heteroatoms. The predicted octanol–water partition coefficient (Wildman–Crippen LogP) is 3.73. The van der Waals surface area contributed by atoms with E-state index in [0.717, 1.165) is 24.3 Å². The smallest absolute Gasteiger partial charge is 0.225 e. The Kier molecular flexibility index (Phi) is 5.05. The van der Waals surface area contributed by atoms with Crippen molar-refractivity contribution in [2.75, 3.05) is 10.6 Å². The lowest BCUT2D eigenvalue weighted by molar-refractivity contribution is -0.115. The Morgan fingerprint density at radius 3 is 2.56 bits per heavy atom. The van der Waals surface area contributed by atoms with Crippen LogP contribution < -0.4 is 10.1 Å². The maximum absolute atomic E-state index is 11.4. The number of benzene rings is 1. The summed E-state index contributed by atoms with van der Waals surface area (Å²) in [4.78, 5) is 11.4. The third-order valence-corrected chi connectivity index (χ3v) is 3.46. The van der Waals surface area contributed by atoms with Gasteiger partial charge in [0.2, 0.25) is 5.91 Å².